The molecular weight excluding hydrogens is 270 g/mol. The first kappa shape index (κ1) is 18.8. The molecule has 1 heterocycles. The summed E-state index contributed by atoms with van der Waals surface area (Å²) in [5.74, 6) is 0.207. The van der Waals surface area contributed by atoms with E-state index in [1.165, 1.54) is 19.3 Å². The van der Waals surface area contributed by atoms with Gasteiger partial charge in [-0.1, -0.05) is 46.0 Å². The van der Waals surface area contributed by atoms with E-state index in [-0.39, 0.29) is 12.5 Å². The van der Waals surface area contributed by atoms with Crippen molar-refractivity contribution < 1.29 is 20.1 Å². The van der Waals surface area contributed by atoms with Gasteiger partial charge < -0.3 is 25.8 Å². The topological polar surface area (TPSA) is 95.9 Å². The summed E-state index contributed by atoms with van der Waals surface area (Å²) in [6.07, 6.45) is 3.31. The Morgan fingerprint density at radius 1 is 0.905 bits per heavy atom. The van der Waals surface area contributed by atoms with Crippen molar-refractivity contribution in [2.75, 3.05) is 6.54 Å². The van der Waals surface area contributed by atoms with E-state index in [1.807, 2.05) is 0 Å². The Kier molecular flexibility index (Phi) is 8.74. The van der Waals surface area contributed by atoms with Gasteiger partial charge in [0, 0.05) is 6.54 Å². The minimum Gasteiger partial charge on any atom is -0.388 e. The minimum absolute atomic E-state index is 0.149. The molecule has 6 unspecified atom stereocenters. The van der Waals surface area contributed by atoms with Crippen LogP contribution in [0.1, 0.15) is 58.8 Å². The molecule has 0 aromatic heterocycles. The van der Waals surface area contributed by atoms with Crippen molar-refractivity contribution in [2.24, 2.45) is 11.7 Å². The minimum atomic E-state index is -1.17. The third kappa shape index (κ3) is 5.18. The van der Waals surface area contributed by atoms with Gasteiger partial charge in [0.25, 0.3) is 0 Å². The van der Waals surface area contributed by atoms with E-state index in [0.717, 1.165) is 25.7 Å². The smallest absolute Gasteiger partial charge is 0.111 e. The third-order valence-electron chi connectivity index (χ3n) is 4.53. The Morgan fingerprint density at radius 3 is 2.19 bits per heavy atom. The van der Waals surface area contributed by atoms with Crippen LogP contribution < -0.4 is 5.73 Å². The van der Waals surface area contributed by atoms with Gasteiger partial charge >= 0.3 is 0 Å². The lowest BCUT2D eigenvalue weighted by atomic mass is 9.83. The molecule has 5 heteroatoms. The SMILES string of the molecule is CCCCCCC(CCC)C1OC(CN)C(O)C(O)C1O. The van der Waals surface area contributed by atoms with Crippen molar-refractivity contribution in [3.8, 4) is 0 Å². The van der Waals surface area contributed by atoms with Crippen LogP contribution in [0, 0.1) is 5.92 Å². The fourth-order valence-electron chi connectivity index (χ4n) is 3.24. The average Bonchev–Trinajstić information content (AvgIpc) is 2.49. The molecule has 1 fully saturated rings. The molecule has 5 nitrogen and oxygen atoms in total. The molecular formula is C16H33NO4. The molecule has 0 radical (unpaired) electrons. The van der Waals surface area contributed by atoms with Crippen LogP contribution in [-0.4, -0.2) is 52.4 Å². The fraction of sp³-hybridized carbons (Fsp3) is 1.00. The average molecular weight is 303 g/mol. The van der Waals surface area contributed by atoms with Gasteiger partial charge in [-0.05, 0) is 18.8 Å². The zero-order chi connectivity index (χ0) is 15.8. The van der Waals surface area contributed by atoms with Gasteiger partial charge in [0.1, 0.15) is 18.3 Å². The lowest BCUT2D eigenvalue weighted by molar-refractivity contribution is -0.232. The standard InChI is InChI=1S/C16H33NO4/c1-3-5-6-7-9-11(8-4-2)16-15(20)14(19)13(18)12(10-17)21-16/h11-16,18-20H,3-10,17H2,1-2H3. The second-order valence-corrected chi connectivity index (χ2v) is 6.24. The Balaban J connectivity index is 2.65. The predicted molar refractivity (Wildman–Crippen MR) is 82.9 cm³/mol. The van der Waals surface area contributed by atoms with Crippen molar-refractivity contribution in [3.63, 3.8) is 0 Å². The number of hydrogen-bond donors (Lipinski definition) is 4. The first-order valence-corrected chi connectivity index (χ1v) is 8.46. The van der Waals surface area contributed by atoms with Gasteiger partial charge in [-0.2, -0.15) is 0 Å². The first-order chi connectivity index (χ1) is 10.1. The molecule has 1 rings (SSSR count). The molecule has 0 aromatic carbocycles. The van der Waals surface area contributed by atoms with Gasteiger partial charge in [-0.25, -0.2) is 0 Å². The number of unbranched alkanes of at least 4 members (excludes halogenated alkanes) is 3. The molecule has 1 aliphatic heterocycles. The summed E-state index contributed by atoms with van der Waals surface area (Å²) in [5.41, 5.74) is 5.60. The van der Waals surface area contributed by atoms with E-state index in [4.69, 9.17) is 10.5 Å². The molecule has 0 saturated carbocycles. The molecule has 5 N–H and O–H groups in total. The molecule has 126 valence electrons. The summed E-state index contributed by atoms with van der Waals surface area (Å²) in [6.45, 7) is 4.44. The fourth-order valence-corrected chi connectivity index (χ4v) is 3.24. The highest BCUT2D eigenvalue weighted by atomic mass is 16.5. The highest BCUT2D eigenvalue weighted by Crippen LogP contribution is 2.31. The van der Waals surface area contributed by atoms with Crippen LogP contribution in [-0.2, 0) is 4.74 Å². The first-order valence-electron chi connectivity index (χ1n) is 8.46. The number of rotatable bonds is 9. The monoisotopic (exact) mass is 303 g/mol. The highest BCUT2D eigenvalue weighted by molar-refractivity contribution is 4.94. The van der Waals surface area contributed by atoms with E-state index in [1.54, 1.807) is 0 Å². The van der Waals surface area contributed by atoms with Crippen LogP contribution >= 0.6 is 0 Å². The zero-order valence-electron chi connectivity index (χ0n) is 13.4. The van der Waals surface area contributed by atoms with Crippen molar-refractivity contribution in [2.45, 2.75) is 89.3 Å². The number of nitrogens with two attached hydrogens (primary N) is 1. The summed E-state index contributed by atoms with van der Waals surface area (Å²) < 4.78 is 5.82. The van der Waals surface area contributed by atoms with Crippen LogP contribution in [0.2, 0.25) is 0 Å². The van der Waals surface area contributed by atoms with Gasteiger partial charge in [0.2, 0.25) is 0 Å². The Bertz CT molecular complexity index is 275. The van der Waals surface area contributed by atoms with Crippen LogP contribution in [0.15, 0.2) is 0 Å². The van der Waals surface area contributed by atoms with Gasteiger partial charge in [-0.3, -0.25) is 0 Å². The molecule has 0 spiro atoms. The van der Waals surface area contributed by atoms with Gasteiger partial charge in [0.15, 0.2) is 0 Å². The van der Waals surface area contributed by atoms with E-state index in [9.17, 15) is 15.3 Å². The lowest BCUT2D eigenvalue weighted by Crippen LogP contribution is -2.61. The summed E-state index contributed by atoms with van der Waals surface area (Å²) >= 11 is 0. The molecule has 6 atom stereocenters. The van der Waals surface area contributed by atoms with E-state index < -0.39 is 30.5 Å². The van der Waals surface area contributed by atoms with Gasteiger partial charge in [0.05, 0.1) is 12.2 Å². The van der Waals surface area contributed by atoms with Crippen molar-refractivity contribution in [3.05, 3.63) is 0 Å². The van der Waals surface area contributed by atoms with E-state index >= 15 is 0 Å². The van der Waals surface area contributed by atoms with E-state index in [0.29, 0.717) is 0 Å². The Labute approximate surface area is 128 Å². The van der Waals surface area contributed by atoms with Crippen LogP contribution in [0.25, 0.3) is 0 Å². The maximum Gasteiger partial charge on any atom is 0.111 e. The number of hydrogen-bond acceptors (Lipinski definition) is 5. The quantitative estimate of drug-likeness (QED) is 0.480. The summed E-state index contributed by atoms with van der Waals surface area (Å²) in [6, 6.07) is 0. The van der Waals surface area contributed by atoms with Crippen LogP contribution in [0.3, 0.4) is 0 Å². The third-order valence-corrected chi connectivity index (χ3v) is 4.53. The maximum absolute atomic E-state index is 10.2. The Hall–Kier alpha value is -0.200. The Morgan fingerprint density at radius 2 is 1.62 bits per heavy atom. The molecule has 0 aliphatic carbocycles. The second kappa shape index (κ2) is 9.74. The molecule has 21 heavy (non-hydrogen) atoms. The maximum atomic E-state index is 10.2. The molecule has 1 saturated heterocycles. The lowest BCUT2D eigenvalue weighted by Gasteiger charge is -2.43. The van der Waals surface area contributed by atoms with Gasteiger partial charge in [-0.15, -0.1) is 0 Å². The number of aliphatic hydroxyl groups is 3. The zero-order valence-corrected chi connectivity index (χ0v) is 13.4. The summed E-state index contributed by atoms with van der Waals surface area (Å²) in [5, 5.41) is 30.1. The van der Waals surface area contributed by atoms with Crippen LogP contribution in [0.5, 0.6) is 0 Å². The molecule has 0 amide bonds. The molecule has 0 bridgehead atoms. The van der Waals surface area contributed by atoms with Crippen LogP contribution in [0.4, 0.5) is 0 Å². The van der Waals surface area contributed by atoms with Crippen molar-refractivity contribution in [1.82, 2.24) is 0 Å². The normalized spacial score (nSPS) is 34.9. The highest BCUT2D eigenvalue weighted by Gasteiger charge is 2.45. The second-order valence-electron chi connectivity index (χ2n) is 6.24. The summed E-state index contributed by atoms with van der Waals surface area (Å²) in [7, 11) is 0. The van der Waals surface area contributed by atoms with Crippen molar-refractivity contribution in [1.29, 1.82) is 0 Å². The predicted octanol–water partition coefficient (Wildman–Crippen LogP) is 1.18. The number of aliphatic hydroxyl groups excluding tert-OH is 3. The summed E-state index contributed by atoms with van der Waals surface area (Å²) in [4.78, 5) is 0. The molecule has 0 aromatic rings. The number of ether oxygens (including phenoxy) is 1. The largest absolute Gasteiger partial charge is 0.388 e. The van der Waals surface area contributed by atoms with E-state index in [2.05, 4.69) is 13.8 Å². The van der Waals surface area contributed by atoms with Crippen molar-refractivity contribution >= 4 is 0 Å². The molecule has 1 aliphatic rings.